The van der Waals surface area contributed by atoms with Gasteiger partial charge in [0.25, 0.3) is 5.91 Å². The molecule has 2 aromatic heterocycles. The van der Waals surface area contributed by atoms with Crippen molar-refractivity contribution in [2.24, 2.45) is 0 Å². The van der Waals surface area contributed by atoms with E-state index in [0.717, 1.165) is 31.5 Å². The maximum Gasteiger partial charge on any atom is 0.288 e. The molecule has 9 heteroatoms. The van der Waals surface area contributed by atoms with E-state index in [1.165, 1.54) is 6.42 Å². The number of anilines is 2. The SMILES string of the molecule is Nc1nc2nc(-c3ccccc3)nc(N)c2nc1C(=O)NN1CCCCC1. The first-order chi connectivity index (χ1) is 13.1. The van der Waals surface area contributed by atoms with Gasteiger partial charge in [0.1, 0.15) is 0 Å². The van der Waals surface area contributed by atoms with Crippen LogP contribution in [0.1, 0.15) is 29.8 Å². The van der Waals surface area contributed by atoms with Crippen LogP contribution in [0, 0.1) is 0 Å². The number of rotatable bonds is 3. The number of aromatic nitrogens is 4. The van der Waals surface area contributed by atoms with Crippen LogP contribution in [-0.2, 0) is 0 Å². The fraction of sp³-hybridized carbons (Fsp3) is 0.278. The first-order valence-electron chi connectivity index (χ1n) is 8.84. The summed E-state index contributed by atoms with van der Waals surface area (Å²) in [6.45, 7) is 1.61. The number of benzene rings is 1. The summed E-state index contributed by atoms with van der Waals surface area (Å²) in [6.07, 6.45) is 3.26. The van der Waals surface area contributed by atoms with E-state index >= 15 is 0 Å². The largest absolute Gasteiger partial charge is 0.382 e. The summed E-state index contributed by atoms with van der Waals surface area (Å²) in [6, 6.07) is 9.41. The van der Waals surface area contributed by atoms with E-state index in [0.29, 0.717) is 5.82 Å². The Bertz CT molecular complexity index is 986. The zero-order valence-corrected chi connectivity index (χ0v) is 14.7. The van der Waals surface area contributed by atoms with Crippen LogP contribution in [0.5, 0.6) is 0 Å². The molecule has 3 heterocycles. The Morgan fingerprint density at radius 1 is 0.926 bits per heavy atom. The molecular weight excluding hydrogens is 344 g/mol. The Labute approximate surface area is 155 Å². The van der Waals surface area contributed by atoms with E-state index < -0.39 is 5.91 Å². The van der Waals surface area contributed by atoms with Crippen LogP contribution in [-0.4, -0.2) is 43.9 Å². The normalized spacial score (nSPS) is 15.0. The number of fused-ring (bicyclic) bond motifs is 1. The Hall–Kier alpha value is -3.33. The van der Waals surface area contributed by atoms with Gasteiger partial charge in [-0.1, -0.05) is 36.8 Å². The van der Waals surface area contributed by atoms with Crippen LogP contribution in [0.4, 0.5) is 11.6 Å². The molecule has 1 fully saturated rings. The number of hydrazine groups is 1. The van der Waals surface area contributed by atoms with Gasteiger partial charge >= 0.3 is 0 Å². The topological polar surface area (TPSA) is 136 Å². The highest BCUT2D eigenvalue weighted by Gasteiger charge is 2.20. The molecule has 1 aromatic carbocycles. The minimum atomic E-state index is -0.407. The number of hydrogen-bond donors (Lipinski definition) is 3. The van der Waals surface area contributed by atoms with Crippen LogP contribution >= 0.6 is 0 Å². The number of nitrogens with zero attached hydrogens (tertiary/aromatic N) is 5. The van der Waals surface area contributed by atoms with Crippen molar-refractivity contribution in [2.45, 2.75) is 19.3 Å². The molecule has 1 amide bonds. The van der Waals surface area contributed by atoms with Gasteiger partial charge in [0.15, 0.2) is 34.3 Å². The van der Waals surface area contributed by atoms with Crippen molar-refractivity contribution in [2.75, 3.05) is 24.6 Å². The first kappa shape index (κ1) is 17.1. The molecule has 0 spiro atoms. The maximum atomic E-state index is 12.6. The van der Waals surface area contributed by atoms with Crippen molar-refractivity contribution in [3.05, 3.63) is 36.0 Å². The van der Waals surface area contributed by atoms with Crippen LogP contribution in [0.15, 0.2) is 30.3 Å². The van der Waals surface area contributed by atoms with Crippen LogP contribution in [0.3, 0.4) is 0 Å². The highest BCUT2D eigenvalue weighted by molar-refractivity contribution is 5.99. The third-order valence-corrected chi connectivity index (χ3v) is 4.45. The van der Waals surface area contributed by atoms with E-state index in [9.17, 15) is 4.79 Å². The van der Waals surface area contributed by atoms with E-state index in [2.05, 4.69) is 25.4 Å². The van der Waals surface area contributed by atoms with Gasteiger partial charge in [-0.2, -0.15) is 0 Å². The lowest BCUT2D eigenvalue weighted by Crippen LogP contribution is -2.45. The number of nitrogens with one attached hydrogen (secondary N) is 1. The molecular formula is C18H20N8O. The fourth-order valence-corrected chi connectivity index (χ4v) is 3.07. The van der Waals surface area contributed by atoms with Crippen molar-refractivity contribution in [3.63, 3.8) is 0 Å². The van der Waals surface area contributed by atoms with Gasteiger partial charge in [0.05, 0.1) is 0 Å². The van der Waals surface area contributed by atoms with Crippen molar-refractivity contribution in [3.8, 4) is 11.4 Å². The number of nitrogen functional groups attached to an aromatic ring is 2. The molecule has 4 rings (SSSR count). The molecule has 1 aliphatic heterocycles. The van der Waals surface area contributed by atoms with Crippen LogP contribution < -0.4 is 16.9 Å². The predicted octanol–water partition coefficient (Wildman–Crippen LogP) is 1.38. The number of carbonyl (C=O) groups excluding carboxylic acids is 1. The number of hydrogen-bond acceptors (Lipinski definition) is 8. The van der Waals surface area contributed by atoms with Gasteiger partial charge in [0.2, 0.25) is 0 Å². The molecule has 0 atom stereocenters. The molecule has 0 aliphatic carbocycles. The second kappa shape index (κ2) is 7.12. The van der Waals surface area contributed by atoms with Gasteiger partial charge in [-0.05, 0) is 12.8 Å². The molecule has 0 bridgehead atoms. The van der Waals surface area contributed by atoms with E-state index in [1.807, 2.05) is 35.3 Å². The van der Waals surface area contributed by atoms with Gasteiger partial charge in [0, 0.05) is 18.7 Å². The lowest BCUT2D eigenvalue weighted by molar-refractivity contribution is 0.0746. The molecule has 1 aliphatic rings. The summed E-state index contributed by atoms with van der Waals surface area (Å²) in [4.78, 5) is 29.8. The average Bonchev–Trinajstić information content (AvgIpc) is 2.68. The van der Waals surface area contributed by atoms with E-state index in [4.69, 9.17) is 11.5 Å². The molecule has 0 saturated carbocycles. The number of carbonyl (C=O) groups is 1. The van der Waals surface area contributed by atoms with Gasteiger partial charge < -0.3 is 11.5 Å². The molecule has 138 valence electrons. The maximum absolute atomic E-state index is 12.6. The first-order valence-corrected chi connectivity index (χ1v) is 8.84. The Kier molecular flexibility index (Phi) is 4.51. The molecule has 27 heavy (non-hydrogen) atoms. The molecule has 9 nitrogen and oxygen atoms in total. The van der Waals surface area contributed by atoms with E-state index in [-0.39, 0.29) is 28.5 Å². The van der Waals surface area contributed by atoms with Crippen molar-refractivity contribution in [1.29, 1.82) is 0 Å². The highest BCUT2D eigenvalue weighted by Crippen LogP contribution is 2.22. The lowest BCUT2D eigenvalue weighted by Gasteiger charge is -2.26. The number of piperidine rings is 1. The monoisotopic (exact) mass is 364 g/mol. The second-order valence-corrected chi connectivity index (χ2v) is 6.42. The summed E-state index contributed by atoms with van der Waals surface area (Å²) in [5, 5.41) is 1.87. The van der Waals surface area contributed by atoms with Gasteiger partial charge in [-0.15, -0.1) is 0 Å². The van der Waals surface area contributed by atoms with Gasteiger partial charge in [-0.25, -0.2) is 24.9 Å². The predicted molar refractivity (Wildman–Crippen MR) is 102 cm³/mol. The Morgan fingerprint density at radius 2 is 1.67 bits per heavy atom. The lowest BCUT2D eigenvalue weighted by atomic mass is 10.2. The highest BCUT2D eigenvalue weighted by atomic mass is 16.2. The summed E-state index contributed by atoms with van der Waals surface area (Å²) >= 11 is 0. The number of nitrogens with two attached hydrogens (primary N) is 2. The second-order valence-electron chi connectivity index (χ2n) is 6.42. The van der Waals surface area contributed by atoms with Crippen molar-refractivity contribution >= 4 is 28.7 Å². The molecule has 0 unspecified atom stereocenters. The van der Waals surface area contributed by atoms with Gasteiger partial charge in [-0.3, -0.25) is 10.2 Å². The summed E-state index contributed by atoms with van der Waals surface area (Å²) < 4.78 is 0. The summed E-state index contributed by atoms with van der Waals surface area (Å²) in [5.41, 5.74) is 16.2. The summed E-state index contributed by atoms with van der Waals surface area (Å²) in [7, 11) is 0. The average molecular weight is 364 g/mol. The zero-order valence-electron chi connectivity index (χ0n) is 14.7. The molecule has 1 saturated heterocycles. The Morgan fingerprint density at radius 3 is 2.41 bits per heavy atom. The smallest absolute Gasteiger partial charge is 0.288 e. The fourth-order valence-electron chi connectivity index (χ4n) is 3.07. The van der Waals surface area contributed by atoms with Crippen molar-refractivity contribution in [1.82, 2.24) is 30.4 Å². The molecule has 0 radical (unpaired) electrons. The summed E-state index contributed by atoms with van der Waals surface area (Å²) in [5.74, 6) is 0.183. The Balaban J connectivity index is 1.69. The van der Waals surface area contributed by atoms with E-state index in [1.54, 1.807) is 0 Å². The molecule has 3 aromatic rings. The van der Waals surface area contributed by atoms with Crippen molar-refractivity contribution < 1.29 is 4.79 Å². The minimum Gasteiger partial charge on any atom is -0.382 e. The zero-order chi connectivity index (χ0) is 18.8. The quantitative estimate of drug-likeness (QED) is 0.634. The van der Waals surface area contributed by atoms with Crippen LogP contribution in [0.2, 0.25) is 0 Å². The molecule has 5 N–H and O–H groups in total. The van der Waals surface area contributed by atoms with Crippen LogP contribution in [0.25, 0.3) is 22.6 Å². The standard InChI is InChI=1S/C18H20N8O/c19-14-12-17(24-16(22-14)11-7-3-1-4-8-11)23-15(20)13(21-12)18(27)25-26-9-5-2-6-10-26/h1,3-4,7-8H,2,5-6,9-10H2,(H,25,27)(H4,19,20,22,23,24). The third kappa shape index (κ3) is 3.49. The minimum absolute atomic E-state index is 0.00845. The number of amides is 1. The third-order valence-electron chi connectivity index (χ3n) is 4.45.